The van der Waals surface area contributed by atoms with Crippen LogP contribution in [0.4, 0.5) is 31.1 Å². The first-order valence-corrected chi connectivity index (χ1v) is 7.09. The SMILES string of the molecule is O=C(O)C(F)(F)F.O=C(O)C(F)(F)F.O=C(OC1CNC1)N1CCOCC1. The minimum Gasteiger partial charge on any atom is -0.475 e. The minimum atomic E-state index is -5.08. The van der Waals surface area contributed by atoms with Crippen molar-refractivity contribution >= 4 is 18.0 Å². The van der Waals surface area contributed by atoms with E-state index in [2.05, 4.69) is 5.32 Å². The minimum absolute atomic E-state index is 0.0790. The van der Waals surface area contributed by atoms with E-state index in [9.17, 15) is 31.1 Å². The molecule has 9 nitrogen and oxygen atoms in total. The number of carbonyl (C=O) groups is 3. The molecule has 27 heavy (non-hydrogen) atoms. The largest absolute Gasteiger partial charge is 0.490 e. The molecule has 0 aromatic rings. The fourth-order valence-corrected chi connectivity index (χ4v) is 1.31. The number of nitrogens with zero attached hydrogens (tertiary/aromatic N) is 1. The number of alkyl halides is 6. The summed E-state index contributed by atoms with van der Waals surface area (Å²) in [5.41, 5.74) is 0. The zero-order valence-corrected chi connectivity index (χ0v) is 13.5. The molecule has 2 heterocycles. The van der Waals surface area contributed by atoms with Gasteiger partial charge in [-0.15, -0.1) is 0 Å². The zero-order valence-electron chi connectivity index (χ0n) is 13.5. The van der Waals surface area contributed by atoms with Gasteiger partial charge >= 0.3 is 30.4 Å². The van der Waals surface area contributed by atoms with Gasteiger partial charge in [-0.3, -0.25) is 0 Å². The zero-order chi connectivity index (χ0) is 21.3. The summed E-state index contributed by atoms with van der Waals surface area (Å²) in [7, 11) is 0. The first kappa shape index (κ1) is 24.7. The number of hydrogen-bond donors (Lipinski definition) is 3. The average Bonchev–Trinajstić information content (AvgIpc) is 2.51. The summed E-state index contributed by atoms with van der Waals surface area (Å²) in [6.07, 6.45) is -10.3. The molecule has 2 fully saturated rings. The van der Waals surface area contributed by atoms with Crippen molar-refractivity contribution in [3.63, 3.8) is 0 Å². The topological polar surface area (TPSA) is 125 Å². The standard InChI is InChI=1S/C8H14N2O3.2C2HF3O2/c11-8(13-7-5-9-6-7)10-1-3-12-4-2-10;2*3-2(4,5)1(6)7/h7,9H,1-6H2;2*(H,6,7). The molecule has 0 saturated carbocycles. The number of carboxylic acid groups (broad SMARTS) is 2. The number of amides is 1. The van der Waals surface area contributed by atoms with E-state index in [4.69, 9.17) is 29.3 Å². The average molecular weight is 414 g/mol. The Morgan fingerprint density at radius 2 is 1.30 bits per heavy atom. The smallest absolute Gasteiger partial charge is 0.475 e. The number of morpholine rings is 1. The van der Waals surface area contributed by atoms with Crippen LogP contribution in [0, 0.1) is 0 Å². The van der Waals surface area contributed by atoms with Crippen LogP contribution < -0.4 is 5.32 Å². The van der Waals surface area contributed by atoms with Gasteiger partial charge in [0.05, 0.1) is 13.2 Å². The van der Waals surface area contributed by atoms with Gasteiger partial charge in [-0.1, -0.05) is 0 Å². The number of halogens is 6. The van der Waals surface area contributed by atoms with Gasteiger partial charge in [0.2, 0.25) is 0 Å². The quantitative estimate of drug-likeness (QED) is 0.536. The molecule has 3 N–H and O–H groups in total. The van der Waals surface area contributed by atoms with E-state index in [0.717, 1.165) is 13.1 Å². The third-order valence-corrected chi connectivity index (χ3v) is 2.77. The van der Waals surface area contributed by atoms with E-state index < -0.39 is 24.3 Å². The number of carbonyl (C=O) groups excluding carboxylic acids is 1. The summed E-state index contributed by atoms with van der Waals surface area (Å²) >= 11 is 0. The molecular formula is C12H16F6N2O7. The molecule has 0 atom stereocenters. The van der Waals surface area contributed by atoms with Crippen LogP contribution in [0.1, 0.15) is 0 Å². The normalized spacial score (nSPS) is 17.3. The summed E-state index contributed by atoms with van der Waals surface area (Å²) < 4.78 is 73.8. The highest BCUT2D eigenvalue weighted by Gasteiger charge is 2.38. The molecule has 2 aliphatic rings. The maximum Gasteiger partial charge on any atom is 0.490 e. The molecule has 0 aromatic carbocycles. The number of rotatable bonds is 1. The Balaban J connectivity index is 0.000000416. The Morgan fingerprint density at radius 1 is 0.926 bits per heavy atom. The lowest BCUT2D eigenvalue weighted by atomic mass is 10.2. The molecule has 2 rings (SSSR count). The second-order valence-corrected chi connectivity index (χ2v) is 4.87. The van der Waals surface area contributed by atoms with Gasteiger partial charge in [-0.2, -0.15) is 26.3 Å². The van der Waals surface area contributed by atoms with E-state index in [0.29, 0.717) is 26.3 Å². The van der Waals surface area contributed by atoms with Crippen molar-refractivity contribution in [3.8, 4) is 0 Å². The highest BCUT2D eigenvalue weighted by Crippen LogP contribution is 2.13. The molecular weight excluding hydrogens is 398 g/mol. The third-order valence-electron chi connectivity index (χ3n) is 2.77. The summed E-state index contributed by atoms with van der Waals surface area (Å²) in [5.74, 6) is -5.51. The molecule has 0 bridgehead atoms. The summed E-state index contributed by atoms with van der Waals surface area (Å²) in [4.78, 5) is 30.9. The van der Waals surface area contributed by atoms with E-state index in [1.807, 2.05) is 0 Å². The number of carboxylic acids is 2. The van der Waals surface area contributed by atoms with Crippen molar-refractivity contribution in [2.45, 2.75) is 18.5 Å². The van der Waals surface area contributed by atoms with E-state index in [1.54, 1.807) is 4.90 Å². The van der Waals surface area contributed by atoms with Crippen molar-refractivity contribution in [2.24, 2.45) is 0 Å². The lowest BCUT2D eigenvalue weighted by molar-refractivity contribution is -0.193. The molecule has 2 saturated heterocycles. The predicted octanol–water partition coefficient (Wildman–Crippen LogP) is 0.694. The van der Waals surface area contributed by atoms with E-state index >= 15 is 0 Å². The molecule has 1 amide bonds. The van der Waals surface area contributed by atoms with Crippen LogP contribution in [0.5, 0.6) is 0 Å². The monoisotopic (exact) mass is 414 g/mol. The fourth-order valence-electron chi connectivity index (χ4n) is 1.31. The van der Waals surface area contributed by atoms with Gasteiger partial charge in [0.25, 0.3) is 0 Å². The van der Waals surface area contributed by atoms with E-state index in [1.165, 1.54) is 0 Å². The lowest BCUT2D eigenvalue weighted by Crippen LogP contribution is -2.52. The molecule has 0 unspecified atom stereocenters. The second-order valence-electron chi connectivity index (χ2n) is 4.87. The Morgan fingerprint density at radius 3 is 1.56 bits per heavy atom. The Kier molecular flexibility index (Phi) is 9.85. The molecule has 0 spiro atoms. The van der Waals surface area contributed by atoms with Gasteiger partial charge in [0.15, 0.2) is 0 Å². The lowest BCUT2D eigenvalue weighted by Gasteiger charge is -2.31. The van der Waals surface area contributed by atoms with E-state index in [-0.39, 0.29) is 12.2 Å². The Bertz CT molecular complexity index is 477. The maximum absolute atomic E-state index is 11.4. The highest BCUT2D eigenvalue weighted by atomic mass is 19.4. The first-order valence-electron chi connectivity index (χ1n) is 7.09. The second kappa shape index (κ2) is 10.8. The number of hydrogen-bond acceptors (Lipinski definition) is 6. The molecule has 15 heteroatoms. The van der Waals surface area contributed by atoms with Crippen LogP contribution >= 0.6 is 0 Å². The molecule has 2 aliphatic heterocycles. The van der Waals surface area contributed by atoms with Crippen molar-refractivity contribution < 1.29 is 60.4 Å². The molecule has 0 aromatic heterocycles. The van der Waals surface area contributed by atoms with Crippen molar-refractivity contribution in [1.82, 2.24) is 10.2 Å². The van der Waals surface area contributed by atoms with Crippen molar-refractivity contribution in [2.75, 3.05) is 39.4 Å². The number of ether oxygens (including phenoxy) is 2. The molecule has 0 radical (unpaired) electrons. The van der Waals surface area contributed by atoms with Crippen LogP contribution in [0.2, 0.25) is 0 Å². The first-order chi connectivity index (χ1) is 12.2. The van der Waals surface area contributed by atoms with Gasteiger partial charge in [0, 0.05) is 26.2 Å². The predicted molar refractivity (Wildman–Crippen MR) is 72.9 cm³/mol. The fraction of sp³-hybridized carbons (Fsp3) is 0.750. The summed E-state index contributed by atoms with van der Waals surface area (Å²) in [6.45, 7) is 4.13. The van der Waals surface area contributed by atoms with Crippen LogP contribution in [-0.4, -0.2) is 91.0 Å². The van der Waals surface area contributed by atoms with Gasteiger partial charge in [-0.25, -0.2) is 14.4 Å². The van der Waals surface area contributed by atoms with Gasteiger partial charge < -0.3 is 29.9 Å². The van der Waals surface area contributed by atoms with Crippen LogP contribution in [-0.2, 0) is 19.1 Å². The maximum atomic E-state index is 11.4. The molecule has 0 aliphatic carbocycles. The van der Waals surface area contributed by atoms with Crippen molar-refractivity contribution in [1.29, 1.82) is 0 Å². The van der Waals surface area contributed by atoms with Crippen LogP contribution in [0.15, 0.2) is 0 Å². The van der Waals surface area contributed by atoms with Gasteiger partial charge in [-0.05, 0) is 0 Å². The summed E-state index contributed by atoms with van der Waals surface area (Å²) in [5, 5.41) is 17.3. The Hall–Kier alpha value is -2.29. The van der Waals surface area contributed by atoms with Crippen molar-refractivity contribution in [3.05, 3.63) is 0 Å². The highest BCUT2D eigenvalue weighted by molar-refractivity contribution is 5.73. The third kappa shape index (κ3) is 11.1. The van der Waals surface area contributed by atoms with Crippen LogP contribution in [0.3, 0.4) is 0 Å². The van der Waals surface area contributed by atoms with Crippen LogP contribution in [0.25, 0.3) is 0 Å². The number of nitrogens with one attached hydrogen (secondary N) is 1. The number of aliphatic carboxylic acids is 2. The van der Waals surface area contributed by atoms with Gasteiger partial charge in [0.1, 0.15) is 6.10 Å². The summed E-state index contributed by atoms with van der Waals surface area (Å²) in [6, 6.07) is 0. The molecule has 158 valence electrons. The Labute approximate surface area is 147 Å².